The van der Waals surface area contributed by atoms with Gasteiger partial charge in [-0.15, -0.1) is 0 Å². The highest BCUT2D eigenvalue weighted by Crippen LogP contribution is 2.34. The summed E-state index contributed by atoms with van der Waals surface area (Å²) >= 11 is 0. The maximum absolute atomic E-state index is 10.1. The molecular formula is C10H13N9O3. The van der Waals surface area contributed by atoms with Crippen molar-refractivity contribution in [3.63, 3.8) is 0 Å². The molecule has 1 saturated heterocycles. The molecule has 2 aromatic rings. The van der Waals surface area contributed by atoms with E-state index in [2.05, 4.69) is 25.0 Å². The van der Waals surface area contributed by atoms with Crippen LogP contribution in [0.3, 0.4) is 0 Å². The van der Waals surface area contributed by atoms with Crippen LogP contribution in [0, 0.1) is 0 Å². The minimum absolute atomic E-state index is 0.0515. The van der Waals surface area contributed by atoms with Crippen LogP contribution in [0.2, 0.25) is 0 Å². The van der Waals surface area contributed by atoms with E-state index < -0.39 is 31.1 Å². The molecule has 2 aromatic heterocycles. The van der Waals surface area contributed by atoms with Gasteiger partial charge >= 0.3 is 0 Å². The van der Waals surface area contributed by atoms with Crippen LogP contribution in [0.4, 0.5) is 11.8 Å². The number of fused-ring (bicyclic) bond motifs is 1. The zero-order chi connectivity index (χ0) is 15.9. The predicted octanol–water partition coefficient (Wildman–Crippen LogP) is -1.08. The first-order valence-electron chi connectivity index (χ1n) is 6.31. The highest BCUT2D eigenvalue weighted by Gasteiger charge is 2.44. The van der Waals surface area contributed by atoms with Crippen molar-refractivity contribution in [3.8, 4) is 0 Å². The summed E-state index contributed by atoms with van der Waals surface area (Å²) in [7, 11) is 0. The molecule has 0 saturated carbocycles. The van der Waals surface area contributed by atoms with Crippen molar-refractivity contribution in [2.24, 2.45) is 5.11 Å². The van der Waals surface area contributed by atoms with E-state index in [1.54, 1.807) is 0 Å². The van der Waals surface area contributed by atoms with Crippen molar-refractivity contribution in [1.29, 1.82) is 0 Å². The van der Waals surface area contributed by atoms with Gasteiger partial charge < -0.3 is 26.4 Å². The van der Waals surface area contributed by atoms with Crippen LogP contribution in [0.1, 0.15) is 6.23 Å². The molecule has 0 amide bonds. The number of anilines is 2. The number of aliphatic hydroxyl groups is 2. The van der Waals surface area contributed by atoms with Gasteiger partial charge in [0.2, 0.25) is 5.95 Å². The molecule has 12 nitrogen and oxygen atoms in total. The Hall–Kier alpha value is -2.66. The smallest absolute Gasteiger partial charge is 0.224 e. The van der Waals surface area contributed by atoms with Crippen LogP contribution in [0.5, 0.6) is 0 Å². The molecule has 0 bridgehead atoms. The van der Waals surface area contributed by atoms with Gasteiger partial charge in [0.1, 0.15) is 23.9 Å². The maximum atomic E-state index is 10.1. The Labute approximate surface area is 123 Å². The molecule has 116 valence electrons. The minimum atomic E-state index is -1.17. The Kier molecular flexibility index (Phi) is 3.42. The Morgan fingerprint density at radius 1 is 1.45 bits per heavy atom. The Bertz CT molecular complexity index is 755. The normalized spacial score (nSPS) is 27.9. The fourth-order valence-electron chi connectivity index (χ4n) is 2.44. The zero-order valence-corrected chi connectivity index (χ0v) is 11.2. The monoisotopic (exact) mass is 307 g/mol. The summed E-state index contributed by atoms with van der Waals surface area (Å²) in [5.74, 6) is 0.0446. The standard InChI is InChI=1S/C10H13N9O3/c11-7-5-8(16-10(12)15-7)19(2-14-5)9-4(17-18-13)6(21)3(1-20)22-9/h2-4,6,9,20-21H,1H2,(H4,11,12,15,16)/t3-,4-,6-,9-/m1/s1. The molecule has 0 spiro atoms. The highest BCUT2D eigenvalue weighted by atomic mass is 16.5. The van der Waals surface area contributed by atoms with E-state index in [-0.39, 0.29) is 17.4 Å². The van der Waals surface area contributed by atoms with Gasteiger partial charge in [0.15, 0.2) is 11.5 Å². The summed E-state index contributed by atoms with van der Waals surface area (Å²) in [6.07, 6.45) is -1.59. The lowest BCUT2D eigenvalue weighted by Crippen LogP contribution is -2.31. The van der Waals surface area contributed by atoms with Crippen LogP contribution in [0.25, 0.3) is 21.6 Å². The summed E-state index contributed by atoms with van der Waals surface area (Å²) in [4.78, 5) is 14.6. The van der Waals surface area contributed by atoms with Gasteiger partial charge in [-0.1, -0.05) is 5.11 Å². The molecule has 3 heterocycles. The van der Waals surface area contributed by atoms with Gasteiger partial charge in [-0.3, -0.25) is 4.57 Å². The number of nitrogens with two attached hydrogens (primary N) is 2. The number of aliphatic hydroxyl groups excluding tert-OH is 2. The number of hydrogen-bond donors (Lipinski definition) is 4. The van der Waals surface area contributed by atoms with E-state index in [4.69, 9.17) is 21.7 Å². The van der Waals surface area contributed by atoms with E-state index in [0.717, 1.165) is 0 Å². The highest BCUT2D eigenvalue weighted by molar-refractivity contribution is 5.82. The Balaban J connectivity index is 2.11. The average Bonchev–Trinajstić information content (AvgIpc) is 3.02. The van der Waals surface area contributed by atoms with E-state index in [1.807, 2.05) is 0 Å². The Morgan fingerprint density at radius 2 is 2.23 bits per heavy atom. The van der Waals surface area contributed by atoms with Gasteiger partial charge in [0, 0.05) is 4.91 Å². The zero-order valence-electron chi connectivity index (χ0n) is 11.2. The number of ether oxygens (including phenoxy) is 1. The van der Waals surface area contributed by atoms with Crippen molar-refractivity contribution in [2.45, 2.75) is 24.5 Å². The maximum Gasteiger partial charge on any atom is 0.224 e. The lowest BCUT2D eigenvalue weighted by molar-refractivity contribution is -0.0436. The average molecular weight is 307 g/mol. The second-order valence-electron chi connectivity index (χ2n) is 4.72. The molecule has 1 aliphatic heterocycles. The van der Waals surface area contributed by atoms with Gasteiger partial charge in [-0.25, -0.2) is 4.98 Å². The van der Waals surface area contributed by atoms with Gasteiger partial charge in [0.05, 0.1) is 19.0 Å². The molecule has 3 rings (SSSR count). The first-order valence-corrected chi connectivity index (χ1v) is 6.31. The number of imidazole rings is 1. The van der Waals surface area contributed by atoms with Crippen molar-refractivity contribution >= 4 is 22.9 Å². The van der Waals surface area contributed by atoms with Crippen LogP contribution >= 0.6 is 0 Å². The van der Waals surface area contributed by atoms with E-state index in [9.17, 15) is 10.2 Å². The van der Waals surface area contributed by atoms with Crippen LogP contribution < -0.4 is 11.5 Å². The molecule has 12 heteroatoms. The summed E-state index contributed by atoms with van der Waals surface area (Å²) in [6, 6.07) is -0.961. The third-order valence-corrected chi connectivity index (χ3v) is 3.44. The number of nitrogens with zero attached hydrogens (tertiary/aromatic N) is 7. The predicted molar refractivity (Wildman–Crippen MR) is 74.1 cm³/mol. The SMILES string of the molecule is [N-]=[N+]=N[C@@H]1[C@H](O)[C@@H](CO)O[C@H]1n1cnc2c(N)nc(N)nc21. The summed E-state index contributed by atoms with van der Waals surface area (Å²) in [6.45, 7) is -0.430. The van der Waals surface area contributed by atoms with Crippen LogP contribution in [-0.4, -0.2) is 54.6 Å². The number of nitrogen functional groups attached to an aromatic ring is 2. The number of aromatic nitrogens is 4. The molecule has 1 fully saturated rings. The summed E-state index contributed by atoms with van der Waals surface area (Å²) in [5, 5.41) is 22.8. The van der Waals surface area contributed by atoms with Gasteiger partial charge in [0.25, 0.3) is 0 Å². The van der Waals surface area contributed by atoms with Crippen molar-refractivity contribution in [3.05, 3.63) is 16.8 Å². The molecule has 1 aliphatic rings. The van der Waals surface area contributed by atoms with E-state index in [1.165, 1.54) is 10.9 Å². The van der Waals surface area contributed by atoms with Crippen LogP contribution in [-0.2, 0) is 4.74 Å². The fraction of sp³-hybridized carbons (Fsp3) is 0.500. The third-order valence-electron chi connectivity index (χ3n) is 3.44. The molecule has 0 radical (unpaired) electrons. The molecule has 6 N–H and O–H groups in total. The largest absolute Gasteiger partial charge is 0.394 e. The first kappa shape index (κ1) is 14.3. The lowest BCUT2D eigenvalue weighted by atomic mass is 10.1. The topological polar surface area (TPSA) is 194 Å². The number of azide groups is 1. The van der Waals surface area contributed by atoms with Crippen molar-refractivity contribution in [2.75, 3.05) is 18.1 Å². The fourth-order valence-corrected chi connectivity index (χ4v) is 2.44. The third kappa shape index (κ3) is 2.07. The van der Waals surface area contributed by atoms with Crippen LogP contribution in [0.15, 0.2) is 11.4 Å². The first-order chi connectivity index (χ1) is 10.6. The molecule has 0 aromatic carbocycles. The van der Waals surface area contributed by atoms with Crippen molar-refractivity contribution < 1.29 is 14.9 Å². The molecule has 0 aliphatic carbocycles. The minimum Gasteiger partial charge on any atom is -0.394 e. The van der Waals surface area contributed by atoms with E-state index in [0.29, 0.717) is 5.52 Å². The molecule has 0 unspecified atom stereocenters. The Morgan fingerprint density at radius 3 is 2.91 bits per heavy atom. The molecule has 22 heavy (non-hydrogen) atoms. The molecule has 4 atom stereocenters. The van der Waals surface area contributed by atoms with Gasteiger partial charge in [-0.2, -0.15) is 9.97 Å². The van der Waals surface area contributed by atoms with Crippen molar-refractivity contribution in [1.82, 2.24) is 19.5 Å². The summed E-state index contributed by atoms with van der Waals surface area (Å²) in [5.41, 5.74) is 20.5. The van der Waals surface area contributed by atoms with E-state index >= 15 is 0 Å². The van der Waals surface area contributed by atoms with Gasteiger partial charge in [-0.05, 0) is 5.53 Å². The molecular weight excluding hydrogens is 294 g/mol. The second-order valence-corrected chi connectivity index (χ2v) is 4.72. The quantitative estimate of drug-likeness (QED) is 0.312. The second kappa shape index (κ2) is 5.27. The number of hydrogen-bond acceptors (Lipinski definition) is 9. The summed E-state index contributed by atoms with van der Waals surface area (Å²) < 4.78 is 6.97. The number of rotatable bonds is 3. The lowest BCUT2D eigenvalue weighted by Gasteiger charge is -2.17.